The third-order valence-electron chi connectivity index (χ3n) is 4.91. The van der Waals surface area contributed by atoms with Crippen molar-refractivity contribution in [1.82, 2.24) is 0 Å². The highest BCUT2D eigenvalue weighted by Crippen LogP contribution is 2.36. The number of rotatable bonds is 5. The molecule has 1 aliphatic heterocycles. The molecule has 34 heavy (non-hydrogen) atoms. The number of esters is 1. The lowest BCUT2D eigenvalue weighted by atomic mass is 10.2. The van der Waals surface area contributed by atoms with Gasteiger partial charge in [-0.15, -0.1) is 0 Å². The highest BCUT2D eigenvalue weighted by molar-refractivity contribution is 6.54. The monoisotopic (exact) mass is 534 g/mol. The number of aryl methyl sites for hydroxylation is 1. The van der Waals surface area contributed by atoms with Crippen LogP contribution in [-0.2, 0) is 9.59 Å². The van der Waals surface area contributed by atoms with Crippen LogP contribution in [0.2, 0.25) is 15.1 Å². The van der Waals surface area contributed by atoms with Gasteiger partial charge in [-0.25, -0.2) is 9.69 Å². The number of amides is 2. The molecule has 2 amide bonds. The van der Waals surface area contributed by atoms with Gasteiger partial charge in [-0.1, -0.05) is 46.4 Å². The van der Waals surface area contributed by atoms with Crippen molar-refractivity contribution in [3.8, 4) is 5.75 Å². The van der Waals surface area contributed by atoms with Crippen LogP contribution in [0.15, 0.2) is 71.4 Å². The second kappa shape index (κ2) is 9.68. The Balaban J connectivity index is 1.50. The molecule has 0 aromatic heterocycles. The van der Waals surface area contributed by atoms with E-state index in [1.165, 1.54) is 30.3 Å². The third-order valence-corrected chi connectivity index (χ3v) is 6.05. The summed E-state index contributed by atoms with van der Waals surface area (Å²) in [4.78, 5) is 38.9. The van der Waals surface area contributed by atoms with Gasteiger partial charge in [0.1, 0.15) is 16.5 Å². The number of carbonyl (C=O) groups excluding carboxylic acids is 3. The number of carbonyl (C=O) groups is 3. The van der Waals surface area contributed by atoms with E-state index in [9.17, 15) is 14.4 Å². The Morgan fingerprint density at radius 2 is 1.50 bits per heavy atom. The van der Waals surface area contributed by atoms with Crippen molar-refractivity contribution in [2.75, 3.05) is 10.2 Å². The minimum absolute atomic E-state index is 0.120. The van der Waals surface area contributed by atoms with Crippen LogP contribution in [0.4, 0.5) is 11.4 Å². The molecule has 4 rings (SSSR count). The summed E-state index contributed by atoms with van der Waals surface area (Å²) in [6.45, 7) is 1.78. The number of hydrogen-bond donors (Lipinski definition) is 1. The van der Waals surface area contributed by atoms with E-state index in [-0.39, 0.29) is 27.0 Å². The Kier molecular flexibility index (Phi) is 6.86. The normalized spacial score (nSPS) is 13.5. The zero-order chi connectivity index (χ0) is 24.6. The van der Waals surface area contributed by atoms with Crippen LogP contribution in [0, 0.1) is 6.92 Å². The topological polar surface area (TPSA) is 75.7 Å². The molecule has 6 nitrogen and oxygen atoms in total. The lowest BCUT2D eigenvalue weighted by molar-refractivity contribution is -0.120. The van der Waals surface area contributed by atoms with E-state index in [1.54, 1.807) is 37.3 Å². The molecule has 0 radical (unpaired) electrons. The second-order valence-electron chi connectivity index (χ2n) is 7.23. The van der Waals surface area contributed by atoms with Gasteiger partial charge in [-0.3, -0.25) is 9.59 Å². The van der Waals surface area contributed by atoms with E-state index >= 15 is 0 Å². The molecule has 10 heteroatoms. The molecule has 0 spiro atoms. The molecule has 0 saturated heterocycles. The smallest absolute Gasteiger partial charge is 0.343 e. The highest BCUT2D eigenvalue weighted by Gasteiger charge is 2.40. The average molecular weight is 536 g/mol. The van der Waals surface area contributed by atoms with Gasteiger partial charge in [-0.05, 0) is 73.2 Å². The number of benzene rings is 3. The van der Waals surface area contributed by atoms with E-state index in [2.05, 4.69) is 5.32 Å². The molecule has 1 aliphatic rings. The molecule has 0 aliphatic carbocycles. The molecule has 172 valence electrons. The maximum absolute atomic E-state index is 12.9. The molecule has 0 bridgehead atoms. The predicted octanol–water partition coefficient (Wildman–Crippen LogP) is 6.61. The van der Waals surface area contributed by atoms with E-state index in [0.29, 0.717) is 21.5 Å². The molecule has 0 unspecified atom stereocenters. The summed E-state index contributed by atoms with van der Waals surface area (Å²) in [6.07, 6.45) is 0. The highest BCUT2D eigenvalue weighted by atomic mass is 35.5. The SMILES string of the molecule is Cc1cc(Cl)ccc1OC(=O)c1ccc(NC2=C(Cl)C(=O)N(c3cc(Cl)ccc3Cl)C2=O)cc1. The number of hydrogen-bond acceptors (Lipinski definition) is 5. The Labute approximate surface area is 214 Å². The first-order valence-electron chi connectivity index (χ1n) is 9.74. The number of nitrogens with zero attached hydrogens (tertiary/aromatic N) is 1. The number of halogens is 4. The fourth-order valence-corrected chi connectivity index (χ4v) is 4.02. The second-order valence-corrected chi connectivity index (χ2v) is 8.89. The van der Waals surface area contributed by atoms with Crippen LogP contribution in [0.1, 0.15) is 15.9 Å². The fraction of sp³-hybridized carbons (Fsp3) is 0.0417. The van der Waals surface area contributed by atoms with Crippen molar-refractivity contribution in [2.24, 2.45) is 0 Å². The van der Waals surface area contributed by atoms with Crippen molar-refractivity contribution in [3.05, 3.63) is 97.6 Å². The summed E-state index contributed by atoms with van der Waals surface area (Å²) in [5.74, 6) is -1.61. The van der Waals surface area contributed by atoms with Gasteiger partial charge in [-0.2, -0.15) is 0 Å². The molecule has 1 N–H and O–H groups in total. The van der Waals surface area contributed by atoms with Gasteiger partial charge < -0.3 is 10.1 Å². The summed E-state index contributed by atoms with van der Waals surface area (Å²) >= 11 is 24.2. The van der Waals surface area contributed by atoms with Crippen molar-refractivity contribution in [3.63, 3.8) is 0 Å². The molecule has 1 heterocycles. The molecule has 0 saturated carbocycles. The first kappa shape index (κ1) is 24.1. The first-order valence-corrected chi connectivity index (χ1v) is 11.3. The average Bonchev–Trinajstić information content (AvgIpc) is 3.01. The molecule has 3 aromatic carbocycles. The Bertz CT molecular complexity index is 1370. The first-order chi connectivity index (χ1) is 16.2. The molecule has 0 atom stereocenters. The van der Waals surface area contributed by atoms with Crippen LogP contribution in [0.3, 0.4) is 0 Å². The third kappa shape index (κ3) is 4.76. The fourth-order valence-electron chi connectivity index (χ4n) is 3.21. The maximum Gasteiger partial charge on any atom is 0.343 e. The number of anilines is 2. The molecular formula is C24H14Cl4N2O4. The Morgan fingerprint density at radius 1 is 0.853 bits per heavy atom. The van der Waals surface area contributed by atoms with Gasteiger partial charge in [0.15, 0.2) is 0 Å². The van der Waals surface area contributed by atoms with Gasteiger partial charge in [0.25, 0.3) is 11.8 Å². The standard InChI is InChI=1S/C24H14Cl4N2O4/c1-12-10-14(25)5-9-19(12)34-24(33)13-2-6-16(7-3-13)29-21-20(28)22(31)30(23(21)32)18-11-15(26)4-8-17(18)27/h2-11,29H,1H3. The zero-order valence-corrected chi connectivity index (χ0v) is 20.4. The van der Waals surface area contributed by atoms with Gasteiger partial charge in [0, 0.05) is 15.7 Å². The number of nitrogens with one attached hydrogen (secondary N) is 1. The van der Waals surface area contributed by atoms with Crippen LogP contribution < -0.4 is 15.0 Å². The summed E-state index contributed by atoms with van der Waals surface area (Å²) in [5.41, 5.74) is 1.41. The number of imide groups is 1. The van der Waals surface area contributed by atoms with E-state index < -0.39 is 17.8 Å². The van der Waals surface area contributed by atoms with Crippen molar-refractivity contribution in [1.29, 1.82) is 0 Å². The van der Waals surface area contributed by atoms with E-state index in [1.807, 2.05) is 0 Å². The summed E-state index contributed by atoms with van der Waals surface area (Å²) in [6, 6.07) is 15.5. The zero-order valence-electron chi connectivity index (χ0n) is 17.4. The van der Waals surface area contributed by atoms with Crippen LogP contribution >= 0.6 is 46.4 Å². The van der Waals surface area contributed by atoms with Crippen LogP contribution in [0.5, 0.6) is 5.75 Å². The Hall–Kier alpha value is -3.03. The molecule has 0 fully saturated rings. The largest absolute Gasteiger partial charge is 0.423 e. The molecule has 3 aromatic rings. The van der Waals surface area contributed by atoms with Crippen molar-refractivity contribution < 1.29 is 19.1 Å². The van der Waals surface area contributed by atoms with E-state index in [4.69, 9.17) is 51.1 Å². The Morgan fingerprint density at radius 3 is 2.18 bits per heavy atom. The predicted molar refractivity (Wildman–Crippen MR) is 133 cm³/mol. The summed E-state index contributed by atoms with van der Waals surface area (Å²) < 4.78 is 5.41. The summed E-state index contributed by atoms with van der Waals surface area (Å²) in [7, 11) is 0. The lowest BCUT2D eigenvalue weighted by Crippen LogP contribution is -2.32. The molecular weight excluding hydrogens is 522 g/mol. The maximum atomic E-state index is 12.9. The quantitative estimate of drug-likeness (QED) is 0.226. The lowest BCUT2D eigenvalue weighted by Gasteiger charge is -2.17. The minimum atomic E-state index is -0.739. The van der Waals surface area contributed by atoms with Crippen LogP contribution in [0.25, 0.3) is 0 Å². The van der Waals surface area contributed by atoms with Crippen molar-refractivity contribution in [2.45, 2.75) is 6.92 Å². The van der Waals surface area contributed by atoms with Gasteiger partial charge in [0.05, 0.1) is 16.3 Å². The van der Waals surface area contributed by atoms with Crippen molar-refractivity contribution >= 4 is 75.6 Å². The van der Waals surface area contributed by atoms with E-state index in [0.717, 1.165) is 10.5 Å². The van der Waals surface area contributed by atoms with Gasteiger partial charge >= 0.3 is 5.97 Å². The minimum Gasteiger partial charge on any atom is -0.423 e. The van der Waals surface area contributed by atoms with Crippen LogP contribution in [-0.4, -0.2) is 17.8 Å². The van der Waals surface area contributed by atoms with Gasteiger partial charge in [0.2, 0.25) is 0 Å². The number of ether oxygens (including phenoxy) is 1. The summed E-state index contributed by atoms with van der Waals surface area (Å²) in [5, 5.41) is 3.53.